The van der Waals surface area contributed by atoms with Crippen molar-refractivity contribution in [2.24, 2.45) is 5.73 Å². The molecule has 0 fully saturated rings. The van der Waals surface area contributed by atoms with Crippen molar-refractivity contribution >= 4 is 0 Å². The van der Waals surface area contributed by atoms with Gasteiger partial charge in [-0.2, -0.15) is 0 Å². The minimum absolute atomic E-state index is 0.00828. The van der Waals surface area contributed by atoms with Crippen LogP contribution in [0.4, 0.5) is 0 Å². The first kappa shape index (κ1) is 12.9. The van der Waals surface area contributed by atoms with Gasteiger partial charge in [-0.05, 0) is 37.7 Å². The first-order chi connectivity index (χ1) is 8.72. The zero-order valence-corrected chi connectivity index (χ0v) is 10.9. The van der Waals surface area contributed by atoms with Crippen LogP contribution >= 0.6 is 0 Å². The second-order valence-corrected chi connectivity index (χ2v) is 4.46. The van der Waals surface area contributed by atoms with Gasteiger partial charge in [0, 0.05) is 6.04 Å². The summed E-state index contributed by atoms with van der Waals surface area (Å²) in [7, 11) is 0. The summed E-state index contributed by atoms with van der Waals surface area (Å²) in [5.41, 5.74) is 6.10. The summed E-state index contributed by atoms with van der Waals surface area (Å²) in [5.74, 6) is 1.84. The smallest absolute Gasteiger partial charge is 0.122 e. The SMILES string of the molecule is CCN(Cc1ccco1)C(c1ccco1)C(C)N. The van der Waals surface area contributed by atoms with Crippen LogP contribution in [0.15, 0.2) is 45.6 Å². The van der Waals surface area contributed by atoms with E-state index in [1.54, 1.807) is 12.5 Å². The highest BCUT2D eigenvalue weighted by Gasteiger charge is 2.26. The van der Waals surface area contributed by atoms with E-state index in [4.69, 9.17) is 14.6 Å². The van der Waals surface area contributed by atoms with Crippen molar-refractivity contribution in [3.63, 3.8) is 0 Å². The van der Waals surface area contributed by atoms with Gasteiger partial charge >= 0.3 is 0 Å². The standard InChI is InChI=1S/C14H20N2O2/c1-3-16(10-12-6-4-8-17-12)14(11(2)15)13-7-5-9-18-13/h4-9,11,14H,3,10,15H2,1-2H3. The Hall–Kier alpha value is -1.52. The van der Waals surface area contributed by atoms with Crippen molar-refractivity contribution < 1.29 is 8.83 Å². The van der Waals surface area contributed by atoms with Crippen molar-refractivity contribution in [1.82, 2.24) is 4.90 Å². The molecule has 4 nitrogen and oxygen atoms in total. The number of nitrogens with zero attached hydrogens (tertiary/aromatic N) is 1. The summed E-state index contributed by atoms with van der Waals surface area (Å²) in [4.78, 5) is 2.25. The molecule has 98 valence electrons. The predicted molar refractivity (Wildman–Crippen MR) is 69.9 cm³/mol. The molecule has 4 heteroatoms. The molecule has 2 aromatic heterocycles. The molecule has 2 aromatic rings. The van der Waals surface area contributed by atoms with Crippen LogP contribution < -0.4 is 5.73 Å². The summed E-state index contributed by atoms with van der Waals surface area (Å²) in [6, 6.07) is 7.80. The second-order valence-electron chi connectivity index (χ2n) is 4.46. The number of likely N-dealkylation sites (N-methyl/N-ethyl adjacent to an activating group) is 1. The summed E-state index contributed by atoms with van der Waals surface area (Å²) in [6.07, 6.45) is 3.38. The fourth-order valence-corrected chi connectivity index (χ4v) is 2.24. The van der Waals surface area contributed by atoms with Crippen LogP contribution in [-0.2, 0) is 6.54 Å². The second kappa shape index (κ2) is 5.89. The van der Waals surface area contributed by atoms with Gasteiger partial charge in [0.15, 0.2) is 0 Å². The van der Waals surface area contributed by atoms with Crippen molar-refractivity contribution in [3.05, 3.63) is 48.3 Å². The molecule has 0 saturated heterocycles. The van der Waals surface area contributed by atoms with E-state index >= 15 is 0 Å². The third kappa shape index (κ3) is 2.83. The third-order valence-electron chi connectivity index (χ3n) is 3.07. The van der Waals surface area contributed by atoms with Gasteiger partial charge in [-0.15, -0.1) is 0 Å². The van der Waals surface area contributed by atoms with Crippen LogP contribution in [0.2, 0.25) is 0 Å². The van der Waals surface area contributed by atoms with Crippen LogP contribution in [-0.4, -0.2) is 17.5 Å². The van der Waals surface area contributed by atoms with E-state index in [0.29, 0.717) is 0 Å². The minimum atomic E-state index is -0.00828. The lowest BCUT2D eigenvalue weighted by atomic mass is 10.1. The number of hydrogen-bond acceptors (Lipinski definition) is 4. The Kier molecular flexibility index (Phi) is 4.23. The Morgan fingerprint density at radius 2 is 1.94 bits per heavy atom. The Balaban J connectivity index is 2.17. The molecule has 0 bridgehead atoms. The highest BCUT2D eigenvalue weighted by atomic mass is 16.3. The molecule has 2 unspecified atom stereocenters. The van der Waals surface area contributed by atoms with Gasteiger partial charge in [-0.1, -0.05) is 6.92 Å². The molecular formula is C14H20N2O2. The molecule has 0 aliphatic carbocycles. The topological polar surface area (TPSA) is 55.5 Å². The van der Waals surface area contributed by atoms with Gasteiger partial charge < -0.3 is 14.6 Å². The molecule has 0 saturated carbocycles. The van der Waals surface area contributed by atoms with E-state index in [-0.39, 0.29) is 12.1 Å². The van der Waals surface area contributed by atoms with Crippen LogP contribution in [0.5, 0.6) is 0 Å². The summed E-state index contributed by atoms with van der Waals surface area (Å²) in [5, 5.41) is 0. The molecular weight excluding hydrogens is 228 g/mol. The highest BCUT2D eigenvalue weighted by molar-refractivity contribution is 5.08. The maximum atomic E-state index is 6.10. The Labute approximate surface area is 107 Å². The number of nitrogens with two attached hydrogens (primary N) is 1. The van der Waals surface area contributed by atoms with Crippen LogP contribution in [0.3, 0.4) is 0 Å². The molecule has 18 heavy (non-hydrogen) atoms. The summed E-state index contributed by atoms with van der Waals surface area (Å²) < 4.78 is 10.9. The number of furan rings is 2. The van der Waals surface area contributed by atoms with Crippen molar-refractivity contribution in [1.29, 1.82) is 0 Å². The van der Waals surface area contributed by atoms with Crippen molar-refractivity contribution in [3.8, 4) is 0 Å². The molecule has 2 N–H and O–H groups in total. The van der Waals surface area contributed by atoms with Gasteiger partial charge in [-0.3, -0.25) is 4.90 Å². The summed E-state index contributed by atoms with van der Waals surface area (Å²) in [6.45, 7) is 5.73. The molecule has 2 atom stereocenters. The van der Waals surface area contributed by atoms with Crippen LogP contribution in [0.25, 0.3) is 0 Å². The average Bonchev–Trinajstić information content (AvgIpc) is 3.00. The predicted octanol–water partition coefficient (Wildman–Crippen LogP) is 2.78. The lowest BCUT2D eigenvalue weighted by Crippen LogP contribution is -2.38. The van der Waals surface area contributed by atoms with Gasteiger partial charge in [0.25, 0.3) is 0 Å². The van der Waals surface area contributed by atoms with E-state index in [9.17, 15) is 0 Å². The first-order valence-electron chi connectivity index (χ1n) is 6.27. The Morgan fingerprint density at radius 3 is 2.44 bits per heavy atom. The Morgan fingerprint density at radius 1 is 1.22 bits per heavy atom. The lowest BCUT2D eigenvalue weighted by molar-refractivity contribution is 0.144. The molecule has 0 aliphatic rings. The fourth-order valence-electron chi connectivity index (χ4n) is 2.24. The van der Waals surface area contributed by atoms with Crippen molar-refractivity contribution in [2.75, 3.05) is 6.54 Å². The average molecular weight is 248 g/mol. The molecule has 0 aromatic carbocycles. The van der Waals surface area contributed by atoms with E-state index in [2.05, 4.69) is 11.8 Å². The number of rotatable bonds is 6. The van der Waals surface area contributed by atoms with Crippen molar-refractivity contribution in [2.45, 2.75) is 32.5 Å². The van der Waals surface area contributed by atoms with Crippen LogP contribution in [0, 0.1) is 0 Å². The molecule has 0 spiro atoms. The van der Waals surface area contributed by atoms with Gasteiger partial charge in [-0.25, -0.2) is 0 Å². The normalized spacial score (nSPS) is 14.9. The molecule has 2 heterocycles. The van der Waals surface area contributed by atoms with Gasteiger partial charge in [0.2, 0.25) is 0 Å². The molecule has 0 amide bonds. The van der Waals surface area contributed by atoms with E-state index in [1.165, 1.54) is 0 Å². The number of hydrogen-bond donors (Lipinski definition) is 1. The first-order valence-corrected chi connectivity index (χ1v) is 6.27. The monoisotopic (exact) mass is 248 g/mol. The largest absolute Gasteiger partial charge is 0.468 e. The summed E-state index contributed by atoms with van der Waals surface area (Å²) >= 11 is 0. The highest BCUT2D eigenvalue weighted by Crippen LogP contribution is 2.25. The zero-order valence-electron chi connectivity index (χ0n) is 10.9. The molecule has 0 radical (unpaired) electrons. The molecule has 0 aliphatic heterocycles. The van der Waals surface area contributed by atoms with Crippen LogP contribution in [0.1, 0.15) is 31.4 Å². The minimum Gasteiger partial charge on any atom is -0.468 e. The van der Waals surface area contributed by atoms with E-state index < -0.39 is 0 Å². The zero-order chi connectivity index (χ0) is 13.0. The maximum Gasteiger partial charge on any atom is 0.122 e. The fraction of sp³-hybridized carbons (Fsp3) is 0.429. The van der Waals surface area contributed by atoms with E-state index in [0.717, 1.165) is 24.6 Å². The Bertz CT molecular complexity index is 434. The quantitative estimate of drug-likeness (QED) is 0.854. The molecule has 2 rings (SSSR count). The third-order valence-corrected chi connectivity index (χ3v) is 3.07. The maximum absolute atomic E-state index is 6.10. The van der Waals surface area contributed by atoms with E-state index in [1.807, 2.05) is 31.2 Å². The lowest BCUT2D eigenvalue weighted by Gasteiger charge is -2.31. The van der Waals surface area contributed by atoms with Gasteiger partial charge in [0.1, 0.15) is 11.5 Å². The van der Waals surface area contributed by atoms with Gasteiger partial charge in [0.05, 0.1) is 25.1 Å².